The summed E-state index contributed by atoms with van der Waals surface area (Å²) in [5.74, 6) is -1.23. The summed E-state index contributed by atoms with van der Waals surface area (Å²) in [6, 6.07) is 7.43. The van der Waals surface area contributed by atoms with Crippen LogP contribution in [0.2, 0.25) is 0 Å². The first-order valence-electron chi connectivity index (χ1n) is 2.95. The van der Waals surface area contributed by atoms with Gasteiger partial charge in [-0.1, -0.05) is 12.1 Å². The Kier molecular flexibility index (Phi) is 4.60. The van der Waals surface area contributed by atoms with Crippen molar-refractivity contribution >= 4 is 5.97 Å². The molecule has 12 heavy (non-hydrogen) atoms. The summed E-state index contributed by atoms with van der Waals surface area (Å²) < 4.78 is 0. The molecule has 0 fully saturated rings. The van der Waals surface area contributed by atoms with Crippen LogP contribution < -0.4 is 34.7 Å². The fraction of sp³-hybridized carbons (Fsp3) is 0. The fourth-order valence-corrected chi connectivity index (χ4v) is 0.681. The molecule has 0 atom stereocenters. The van der Waals surface area contributed by atoms with Gasteiger partial charge in [0.2, 0.25) is 0 Å². The Hall–Kier alpha value is -0.820. The molecule has 0 aliphatic heterocycles. The van der Waals surface area contributed by atoms with Crippen molar-refractivity contribution in [2.45, 2.75) is 0 Å². The number of nitrogens with zero attached hydrogens (tertiary/aromatic N) is 1. The van der Waals surface area contributed by atoms with Gasteiger partial charge < -0.3 is 9.90 Å². The van der Waals surface area contributed by atoms with E-state index in [-0.39, 0.29) is 35.1 Å². The van der Waals surface area contributed by atoms with Crippen LogP contribution in [0.5, 0.6) is 0 Å². The van der Waals surface area contributed by atoms with Gasteiger partial charge in [-0.2, -0.15) is 5.26 Å². The Balaban J connectivity index is 0.00000121. The predicted octanol–water partition coefficient (Wildman–Crippen LogP) is -3.07. The third-order valence-corrected chi connectivity index (χ3v) is 1.25. The zero-order chi connectivity index (χ0) is 8.27. The van der Waals surface area contributed by atoms with E-state index in [2.05, 4.69) is 0 Å². The molecule has 1 aromatic carbocycles. The third-order valence-electron chi connectivity index (χ3n) is 1.25. The standard InChI is InChI=1S/C8H5NO2.Na/c9-5-6-1-3-7(4-2-6)8(10)11;/h1-4H,(H,10,11);/q;+1/p-1. The Morgan fingerprint density at radius 2 is 1.83 bits per heavy atom. The third kappa shape index (κ3) is 2.67. The number of benzene rings is 1. The number of hydrogen-bond donors (Lipinski definition) is 0. The molecule has 3 nitrogen and oxygen atoms in total. The van der Waals surface area contributed by atoms with Gasteiger partial charge in [-0.25, -0.2) is 0 Å². The molecule has 0 radical (unpaired) electrons. The van der Waals surface area contributed by atoms with Crippen molar-refractivity contribution < 1.29 is 39.5 Å². The van der Waals surface area contributed by atoms with E-state index in [1.807, 2.05) is 6.07 Å². The molecule has 0 saturated carbocycles. The maximum atomic E-state index is 10.2. The van der Waals surface area contributed by atoms with Gasteiger partial charge in [-0.15, -0.1) is 0 Å². The van der Waals surface area contributed by atoms with Crippen LogP contribution in [0.1, 0.15) is 15.9 Å². The van der Waals surface area contributed by atoms with Crippen molar-refractivity contribution in [2.24, 2.45) is 0 Å². The molecule has 1 aromatic rings. The molecule has 0 unspecified atom stereocenters. The maximum absolute atomic E-state index is 10.2. The summed E-state index contributed by atoms with van der Waals surface area (Å²) >= 11 is 0. The normalized spacial score (nSPS) is 7.92. The summed E-state index contributed by atoms with van der Waals surface area (Å²) in [5.41, 5.74) is 0.527. The van der Waals surface area contributed by atoms with Crippen LogP contribution in [-0.4, -0.2) is 5.97 Å². The molecule has 0 bridgehead atoms. The average Bonchev–Trinajstić information content (AvgIpc) is 2.05. The second kappa shape index (κ2) is 4.94. The van der Waals surface area contributed by atoms with Crippen molar-refractivity contribution in [3.63, 3.8) is 0 Å². The number of carbonyl (C=O) groups excluding carboxylic acids is 1. The van der Waals surface area contributed by atoms with Crippen molar-refractivity contribution in [1.29, 1.82) is 5.26 Å². The topological polar surface area (TPSA) is 63.9 Å². The number of aromatic carboxylic acids is 1. The quantitative estimate of drug-likeness (QED) is 0.419. The van der Waals surface area contributed by atoms with Gasteiger partial charge in [-0.3, -0.25) is 0 Å². The first-order valence-corrected chi connectivity index (χ1v) is 2.95. The van der Waals surface area contributed by atoms with E-state index in [4.69, 9.17) is 5.26 Å². The smallest absolute Gasteiger partial charge is 0.545 e. The number of rotatable bonds is 1. The summed E-state index contributed by atoms with van der Waals surface area (Å²) in [5, 5.41) is 18.6. The average molecular weight is 169 g/mol. The minimum Gasteiger partial charge on any atom is -0.545 e. The fourth-order valence-electron chi connectivity index (χ4n) is 0.681. The molecule has 54 valence electrons. The van der Waals surface area contributed by atoms with Gasteiger partial charge in [0, 0.05) is 0 Å². The molecule has 0 aromatic heterocycles. The Morgan fingerprint density at radius 3 is 2.17 bits per heavy atom. The molecule has 1 rings (SSSR count). The van der Waals surface area contributed by atoms with E-state index in [0.717, 1.165) is 0 Å². The van der Waals surface area contributed by atoms with E-state index >= 15 is 0 Å². The molecule has 4 heteroatoms. The SMILES string of the molecule is N#Cc1ccc(C(=O)[O-])cc1.[Na+]. The van der Waals surface area contributed by atoms with Gasteiger partial charge in [-0.05, 0) is 17.7 Å². The van der Waals surface area contributed by atoms with Crippen LogP contribution in [0.15, 0.2) is 24.3 Å². The first kappa shape index (κ1) is 11.2. The summed E-state index contributed by atoms with van der Waals surface area (Å²) in [4.78, 5) is 10.2. The van der Waals surface area contributed by atoms with E-state index in [9.17, 15) is 9.90 Å². The predicted molar refractivity (Wildman–Crippen MR) is 35.5 cm³/mol. The zero-order valence-electron chi connectivity index (χ0n) is 6.57. The Morgan fingerprint density at radius 1 is 1.33 bits per heavy atom. The van der Waals surface area contributed by atoms with Crippen molar-refractivity contribution in [2.75, 3.05) is 0 Å². The van der Waals surface area contributed by atoms with Crippen LogP contribution in [0.25, 0.3) is 0 Å². The van der Waals surface area contributed by atoms with Crippen LogP contribution in [0.4, 0.5) is 0 Å². The minimum absolute atomic E-state index is 0. The number of carboxylic acids is 1. The summed E-state index contributed by atoms with van der Waals surface area (Å²) in [6.45, 7) is 0. The molecule has 0 N–H and O–H groups in total. The van der Waals surface area contributed by atoms with Crippen molar-refractivity contribution in [3.05, 3.63) is 35.4 Å². The molecule has 0 aliphatic carbocycles. The molecular weight excluding hydrogens is 165 g/mol. The second-order valence-electron chi connectivity index (χ2n) is 1.98. The Labute approximate surface area is 91.9 Å². The van der Waals surface area contributed by atoms with Crippen LogP contribution in [0.3, 0.4) is 0 Å². The number of nitriles is 1. The van der Waals surface area contributed by atoms with Crippen molar-refractivity contribution in [3.8, 4) is 6.07 Å². The largest absolute Gasteiger partial charge is 1.00 e. The van der Waals surface area contributed by atoms with Crippen LogP contribution in [0, 0.1) is 11.3 Å². The van der Waals surface area contributed by atoms with Crippen LogP contribution >= 0.6 is 0 Å². The Bertz CT molecular complexity index is 313. The molecule has 0 heterocycles. The molecular formula is C8H4NNaO2. The van der Waals surface area contributed by atoms with Gasteiger partial charge in [0.25, 0.3) is 0 Å². The summed E-state index contributed by atoms with van der Waals surface area (Å²) in [6.07, 6.45) is 0. The van der Waals surface area contributed by atoms with Gasteiger partial charge in [0.05, 0.1) is 17.6 Å². The van der Waals surface area contributed by atoms with Gasteiger partial charge in [0.15, 0.2) is 0 Å². The number of hydrogen-bond acceptors (Lipinski definition) is 3. The van der Waals surface area contributed by atoms with Crippen molar-refractivity contribution in [1.82, 2.24) is 0 Å². The molecule has 0 saturated heterocycles. The summed E-state index contributed by atoms with van der Waals surface area (Å²) in [7, 11) is 0. The van der Waals surface area contributed by atoms with E-state index in [0.29, 0.717) is 5.56 Å². The zero-order valence-corrected chi connectivity index (χ0v) is 8.57. The van der Waals surface area contributed by atoms with Crippen LogP contribution in [-0.2, 0) is 0 Å². The number of carboxylic acid groups (broad SMARTS) is 1. The van der Waals surface area contributed by atoms with Gasteiger partial charge >= 0.3 is 29.6 Å². The minimum atomic E-state index is -1.23. The molecule has 0 amide bonds. The van der Waals surface area contributed by atoms with E-state index < -0.39 is 5.97 Å². The maximum Gasteiger partial charge on any atom is 1.00 e. The molecule has 0 spiro atoms. The second-order valence-corrected chi connectivity index (χ2v) is 1.98. The van der Waals surface area contributed by atoms with E-state index in [1.165, 1.54) is 24.3 Å². The number of carbonyl (C=O) groups is 1. The van der Waals surface area contributed by atoms with Gasteiger partial charge in [0.1, 0.15) is 0 Å². The monoisotopic (exact) mass is 169 g/mol. The van der Waals surface area contributed by atoms with E-state index in [1.54, 1.807) is 0 Å². The first-order chi connectivity index (χ1) is 5.24. The molecule has 0 aliphatic rings.